The zero-order valence-electron chi connectivity index (χ0n) is 16.5. The Labute approximate surface area is 170 Å². The summed E-state index contributed by atoms with van der Waals surface area (Å²) < 4.78 is 5.40. The molecule has 1 N–H and O–H groups in total. The van der Waals surface area contributed by atoms with Crippen molar-refractivity contribution >= 4 is 23.3 Å². The fourth-order valence-corrected chi connectivity index (χ4v) is 3.32. The Kier molecular flexibility index (Phi) is 6.84. The van der Waals surface area contributed by atoms with Gasteiger partial charge >= 0.3 is 0 Å². The number of hydrogen-bond acceptors (Lipinski definition) is 5. The summed E-state index contributed by atoms with van der Waals surface area (Å²) in [5.74, 6) is -0.665. The highest BCUT2D eigenvalue weighted by atomic mass is 16.5. The molecule has 0 saturated carbocycles. The Bertz CT molecular complexity index is 861. The lowest BCUT2D eigenvalue weighted by molar-refractivity contribution is -0.139. The maximum atomic E-state index is 12.4. The minimum atomic E-state index is -0.727. The molecule has 29 heavy (non-hydrogen) atoms. The third-order valence-electron chi connectivity index (χ3n) is 4.92. The van der Waals surface area contributed by atoms with Crippen LogP contribution in [0.5, 0.6) is 5.75 Å². The number of carbonyl (C=O) groups excluding carboxylic acids is 3. The van der Waals surface area contributed by atoms with Crippen LogP contribution in [0.3, 0.4) is 0 Å². The van der Waals surface area contributed by atoms with Crippen LogP contribution >= 0.6 is 0 Å². The maximum absolute atomic E-state index is 12.4. The highest BCUT2D eigenvalue weighted by Gasteiger charge is 2.23. The number of ketones is 1. The monoisotopic (exact) mass is 395 g/mol. The van der Waals surface area contributed by atoms with Crippen molar-refractivity contribution in [2.24, 2.45) is 0 Å². The molecular formula is C22H25N3O4. The molecule has 0 unspecified atom stereocenters. The third-order valence-corrected chi connectivity index (χ3v) is 4.92. The Morgan fingerprint density at radius 3 is 2.28 bits per heavy atom. The average molecular weight is 395 g/mol. The first-order valence-electron chi connectivity index (χ1n) is 9.59. The second-order valence-electron chi connectivity index (χ2n) is 6.81. The molecule has 2 aromatic carbocycles. The number of para-hydroxylation sites is 2. The van der Waals surface area contributed by atoms with Gasteiger partial charge in [0.05, 0.1) is 19.3 Å². The van der Waals surface area contributed by atoms with E-state index in [2.05, 4.69) is 10.2 Å². The number of nitrogens with one attached hydrogen (secondary N) is 1. The molecule has 1 saturated heterocycles. The summed E-state index contributed by atoms with van der Waals surface area (Å²) in [4.78, 5) is 40.3. The molecule has 0 aliphatic carbocycles. The van der Waals surface area contributed by atoms with Gasteiger partial charge in [0.2, 0.25) is 11.7 Å². The first kappa shape index (κ1) is 20.4. The molecule has 152 valence electrons. The summed E-state index contributed by atoms with van der Waals surface area (Å²) in [5.41, 5.74) is 1.77. The maximum Gasteiger partial charge on any atom is 0.288 e. The SMILES string of the molecule is COc1ccccc1N1CCN(C(=O)CNC(=O)C(=O)Cc2ccccc2)CC1. The van der Waals surface area contributed by atoms with Gasteiger partial charge < -0.3 is 19.9 Å². The second-order valence-corrected chi connectivity index (χ2v) is 6.81. The van der Waals surface area contributed by atoms with Gasteiger partial charge in [0, 0.05) is 32.6 Å². The molecule has 0 bridgehead atoms. The molecule has 0 spiro atoms. The van der Waals surface area contributed by atoms with E-state index >= 15 is 0 Å². The lowest BCUT2D eigenvalue weighted by atomic mass is 10.1. The number of hydrogen-bond donors (Lipinski definition) is 1. The van der Waals surface area contributed by atoms with Crippen molar-refractivity contribution in [2.45, 2.75) is 6.42 Å². The number of rotatable bonds is 7. The molecule has 7 nitrogen and oxygen atoms in total. The lowest BCUT2D eigenvalue weighted by Crippen LogP contribution is -2.51. The molecule has 7 heteroatoms. The zero-order chi connectivity index (χ0) is 20.6. The van der Waals surface area contributed by atoms with E-state index in [1.54, 1.807) is 24.1 Å². The van der Waals surface area contributed by atoms with Crippen LogP contribution in [0.2, 0.25) is 0 Å². The predicted molar refractivity (Wildman–Crippen MR) is 110 cm³/mol. The Balaban J connectivity index is 1.45. The summed E-state index contributed by atoms with van der Waals surface area (Å²) in [6, 6.07) is 16.8. The average Bonchev–Trinajstić information content (AvgIpc) is 2.78. The van der Waals surface area contributed by atoms with E-state index in [0.29, 0.717) is 26.2 Å². The first-order chi connectivity index (χ1) is 14.1. The number of benzene rings is 2. The van der Waals surface area contributed by atoms with Gasteiger partial charge in [-0.25, -0.2) is 0 Å². The van der Waals surface area contributed by atoms with E-state index in [9.17, 15) is 14.4 Å². The van der Waals surface area contributed by atoms with E-state index < -0.39 is 11.7 Å². The van der Waals surface area contributed by atoms with Crippen molar-refractivity contribution in [1.29, 1.82) is 0 Å². The Morgan fingerprint density at radius 1 is 0.931 bits per heavy atom. The fourth-order valence-electron chi connectivity index (χ4n) is 3.32. The first-order valence-corrected chi connectivity index (χ1v) is 9.59. The smallest absolute Gasteiger partial charge is 0.288 e. The van der Waals surface area contributed by atoms with Crippen LogP contribution in [0.15, 0.2) is 54.6 Å². The number of anilines is 1. The molecule has 0 radical (unpaired) electrons. The van der Waals surface area contributed by atoms with Crippen LogP contribution in [0.4, 0.5) is 5.69 Å². The van der Waals surface area contributed by atoms with Crippen molar-refractivity contribution in [3.63, 3.8) is 0 Å². The van der Waals surface area contributed by atoms with Gasteiger partial charge in [-0.15, -0.1) is 0 Å². The molecule has 3 rings (SSSR count). The summed E-state index contributed by atoms with van der Waals surface area (Å²) in [7, 11) is 1.64. The number of methoxy groups -OCH3 is 1. The van der Waals surface area contributed by atoms with Crippen molar-refractivity contribution in [3.8, 4) is 5.75 Å². The van der Waals surface area contributed by atoms with Crippen LogP contribution in [0.25, 0.3) is 0 Å². The number of piperazine rings is 1. The summed E-state index contributed by atoms with van der Waals surface area (Å²) in [6.45, 7) is 2.27. The van der Waals surface area contributed by atoms with E-state index in [4.69, 9.17) is 4.74 Å². The summed E-state index contributed by atoms with van der Waals surface area (Å²) in [6.07, 6.45) is 0.0262. The van der Waals surface area contributed by atoms with Gasteiger partial charge in [-0.05, 0) is 17.7 Å². The van der Waals surface area contributed by atoms with Gasteiger partial charge in [-0.1, -0.05) is 42.5 Å². The van der Waals surface area contributed by atoms with Crippen LogP contribution in [0.1, 0.15) is 5.56 Å². The topological polar surface area (TPSA) is 79.0 Å². The molecule has 2 amide bonds. The molecular weight excluding hydrogens is 370 g/mol. The normalized spacial score (nSPS) is 13.7. The van der Waals surface area contributed by atoms with Crippen molar-refractivity contribution in [3.05, 3.63) is 60.2 Å². The lowest BCUT2D eigenvalue weighted by Gasteiger charge is -2.36. The zero-order valence-corrected chi connectivity index (χ0v) is 16.5. The number of ether oxygens (including phenoxy) is 1. The standard InChI is InChI=1S/C22H25N3O4/c1-29-20-10-6-5-9-18(20)24-11-13-25(14-12-24)21(27)16-23-22(28)19(26)15-17-7-3-2-4-8-17/h2-10H,11-16H2,1H3,(H,23,28). The van der Waals surface area contributed by atoms with E-state index in [1.165, 1.54) is 0 Å². The van der Waals surface area contributed by atoms with Crippen molar-refractivity contribution in [1.82, 2.24) is 10.2 Å². The molecule has 1 heterocycles. The van der Waals surface area contributed by atoms with Gasteiger partial charge in [0.25, 0.3) is 5.91 Å². The fraction of sp³-hybridized carbons (Fsp3) is 0.318. The highest BCUT2D eigenvalue weighted by molar-refractivity contribution is 6.36. The van der Waals surface area contributed by atoms with Crippen LogP contribution < -0.4 is 15.0 Å². The largest absolute Gasteiger partial charge is 0.495 e. The number of nitrogens with zero attached hydrogens (tertiary/aromatic N) is 2. The Hall–Kier alpha value is -3.35. The van der Waals surface area contributed by atoms with Crippen LogP contribution in [-0.2, 0) is 20.8 Å². The molecule has 1 aliphatic rings. The number of amides is 2. The van der Waals surface area contributed by atoms with Crippen molar-refractivity contribution < 1.29 is 19.1 Å². The van der Waals surface area contributed by atoms with Crippen LogP contribution in [0, 0.1) is 0 Å². The molecule has 1 aliphatic heterocycles. The molecule has 2 aromatic rings. The minimum absolute atomic E-state index is 0.0262. The third kappa shape index (κ3) is 5.34. The molecule has 1 fully saturated rings. The predicted octanol–water partition coefficient (Wildman–Crippen LogP) is 1.27. The molecule has 0 atom stereocenters. The Morgan fingerprint density at radius 2 is 1.59 bits per heavy atom. The van der Waals surface area contributed by atoms with E-state index in [-0.39, 0.29) is 18.9 Å². The summed E-state index contributed by atoms with van der Waals surface area (Å²) >= 11 is 0. The van der Waals surface area contributed by atoms with Gasteiger partial charge in [-0.3, -0.25) is 14.4 Å². The number of Topliss-reactive ketones (excluding diaryl/α,β-unsaturated/α-hetero) is 1. The molecule has 0 aromatic heterocycles. The van der Waals surface area contributed by atoms with Gasteiger partial charge in [0.15, 0.2) is 0 Å². The van der Waals surface area contributed by atoms with Crippen LogP contribution in [-0.4, -0.2) is 62.3 Å². The van der Waals surface area contributed by atoms with Gasteiger partial charge in [0.1, 0.15) is 5.75 Å². The van der Waals surface area contributed by atoms with E-state index in [0.717, 1.165) is 17.0 Å². The quantitative estimate of drug-likeness (QED) is 0.715. The van der Waals surface area contributed by atoms with Crippen molar-refractivity contribution in [2.75, 3.05) is 44.7 Å². The number of carbonyl (C=O) groups is 3. The van der Waals surface area contributed by atoms with E-state index in [1.807, 2.05) is 42.5 Å². The summed E-state index contributed by atoms with van der Waals surface area (Å²) in [5, 5.41) is 2.45. The second kappa shape index (κ2) is 9.73. The van der Waals surface area contributed by atoms with Gasteiger partial charge in [-0.2, -0.15) is 0 Å². The highest BCUT2D eigenvalue weighted by Crippen LogP contribution is 2.28. The minimum Gasteiger partial charge on any atom is -0.495 e.